The Labute approximate surface area is 73.6 Å². The monoisotopic (exact) mass is 242 g/mol. The van der Waals surface area contributed by atoms with Crippen LogP contribution in [-0.4, -0.2) is 11.0 Å². The van der Waals surface area contributed by atoms with Gasteiger partial charge in [-0.25, -0.2) is 0 Å². The SMILES string of the molecule is CC(=O)Cl.CC(C)=O.[Pd]. The minimum atomic E-state index is -0.361. The van der Waals surface area contributed by atoms with Crippen LogP contribution in [0.5, 0.6) is 0 Å². The number of Topliss-reactive ketones (excluding diaryl/α,β-unsaturated/α-hetero) is 1. The molecule has 4 heteroatoms. The van der Waals surface area contributed by atoms with E-state index in [1.165, 1.54) is 20.8 Å². The number of hydrogen-bond acceptors (Lipinski definition) is 2. The first kappa shape index (κ1) is 16.1. The van der Waals surface area contributed by atoms with Crippen molar-refractivity contribution in [2.24, 2.45) is 0 Å². The number of halogens is 1. The molecule has 0 N–H and O–H groups in total. The zero-order valence-corrected chi connectivity index (χ0v) is 7.82. The molecule has 58 valence electrons. The molecule has 0 radical (unpaired) electrons. The summed E-state index contributed by atoms with van der Waals surface area (Å²) < 4.78 is 0. The van der Waals surface area contributed by atoms with Gasteiger partial charge >= 0.3 is 0 Å². The molecule has 0 heterocycles. The van der Waals surface area contributed by atoms with E-state index in [0.29, 0.717) is 0 Å². The molecule has 0 saturated carbocycles. The number of hydrogen-bond donors (Lipinski definition) is 0. The van der Waals surface area contributed by atoms with Crippen molar-refractivity contribution in [1.82, 2.24) is 0 Å². The summed E-state index contributed by atoms with van der Waals surface area (Å²) in [4.78, 5) is 18.7. The molecular weight excluding hydrogens is 234 g/mol. The fourth-order valence-electron chi connectivity index (χ4n) is 0. The molecule has 0 amide bonds. The summed E-state index contributed by atoms with van der Waals surface area (Å²) in [5.41, 5.74) is 0. The third kappa shape index (κ3) is 3840. The predicted molar refractivity (Wildman–Crippen MR) is 32.9 cm³/mol. The third-order valence-electron chi connectivity index (χ3n) is 0. The van der Waals surface area contributed by atoms with Gasteiger partial charge in [0.15, 0.2) is 0 Å². The van der Waals surface area contributed by atoms with Crippen LogP contribution in [0.2, 0.25) is 0 Å². The predicted octanol–water partition coefficient (Wildman–Crippen LogP) is 1.36. The summed E-state index contributed by atoms with van der Waals surface area (Å²) in [5.74, 6) is 0.167. The number of ketones is 1. The van der Waals surface area contributed by atoms with Crippen LogP contribution in [0.3, 0.4) is 0 Å². The van der Waals surface area contributed by atoms with E-state index in [9.17, 15) is 9.59 Å². The van der Waals surface area contributed by atoms with Crippen molar-refractivity contribution in [3.63, 3.8) is 0 Å². The van der Waals surface area contributed by atoms with Gasteiger partial charge in [0.25, 0.3) is 0 Å². The van der Waals surface area contributed by atoms with Crippen molar-refractivity contribution < 1.29 is 30.0 Å². The Balaban J connectivity index is -0.0000000720. The molecule has 0 aromatic heterocycles. The van der Waals surface area contributed by atoms with Gasteiger partial charge in [-0.3, -0.25) is 4.79 Å². The minimum absolute atomic E-state index is 0. The summed E-state index contributed by atoms with van der Waals surface area (Å²) in [7, 11) is 0. The largest absolute Gasteiger partial charge is 0.300 e. The Morgan fingerprint density at radius 1 is 1.11 bits per heavy atom. The Hall–Kier alpha value is 0.292. The third-order valence-corrected chi connectivity index (χ3v) is 0. The van der Waals surface area contributed by atoms with Crippen LogP contribution >= 0.6 is 11.6 Å². The van der Waals surface area contributed by atoms with Gasteiger partial charge in [0, 0.05) is 27.3 Å². The van der Waals surface area contributed by atoms with Crippen LogP contribution in [0, 0.1) is 0 Å². The van der Waals surface area contributed by atoms with Crippen LogP contribution in [-0.2, 0) is 30.0 Å². The summed E-state index contributed by atoms with van der Waals surface area (Å²) in [5, 5.41) is -0.361. The molecule has 0 atom stereocenters. The van der Waals surface area contributed by atoms with Gasteiger partial charge in [0.05, 0.1) is 0 Å². The zero-order chi connectivity index (χ0) is 7.15. The number of rotatable bonds is 0. The van der Waals surface area contributed by atoms with E-state index in [-0.39, 0.29) is 31.4 Å². The fraction of sp³-hybridized carbons (Fsp3) is 0.600. The van der Waals surface area contributed by atoms with E-state index >= 15 is 0 Å². The van der Waals surface area contributed by atoms with Crippen molar-refractivity contribution >= 4 is 22.6 Å². The molecule has 0 aliphatic carbocycles. The summed E-state index contributed by atoms with van der Waals surface area (Å²) in [6.07, 6.45) is 0. The molecule has 0 saturated heterocycles. The summed E-state index contributed by atoms with van der Waals surface area (Å²) >= 11 is 4.64. The standard InChI is InChI=1S/C3H6O.C2H3ClO.Pd/c1-3(2)4;1-2(3)4;/h1-2H3;1H3;. The first-order valence-electron chi connectivity index (χ1n) is 2.10. The molecule has 2 nitrogen and oxygen atoms in total. The van der Waals surface area contributed by atoms with Crippen LogP contribution < -0.4 is 0 Å². The second-order valence-corrected chi connectivity index (χ2v) is 1.91. The molecule has 0 aliphatic heterocycles. The van der Waals surface area contributed by atoms with Crippen molar-refractivity contribution in [3.8, 4) is 0 Å². The first-order chi connectivity index (χ1) is 3.46. The van der Waals surface area contributed by atoms with Crippen LogP contribution in [0.25, 0.3) is 0 Å². The van der Waals surface area contributed by atoms with Crippen LogP contribution in [0.4, 0.5) is 0 Å². The second kappa shape index (κ2) is 11.1. The second-order valence-electron chi connectivity index (χ2n) is 1.38. The fourth-order valence-corrected chi connectivity index (χ4v) is 0. The molecule has 0 aromatic rings. The Morgan fingerprint density at radius 2 is 1.11 bits per heavy atom. The quantitative estimate of drug-likeness (QED) is 0.475. The summed E-state index contributed by atoms with van der Waals surface area (Å²) in [6, 6.07) is 0. The average Bonchev–Trinajstić information content (AvgIpc) is 1.25. The Morgan fingerprint density at radius 3 is 1.11 bits per heavy atom. The van der Waals surface area contributed by atoms with Crippen molar-refractivity contribution in [2.45, 2.75) is 20.8 Å². The van der Waals surface area contributed by atoms with Crippen molar-refractivity contribution in [2.75, 3.05) is 0 Å². The van der Waals surface area contributed by atoms with Crippen molar-refractivity contribution in [1.29, 1.82) is 0 Å². The normalized spacial score (nSPS) is 5.78. The Kier molecular flexibility index (Phi) is 20.0. The maximum atomic E-state index is 9.44. The zero-order valence-electron chi connectivity index (χ0n) is 5.51. The maximum absolute atomic E-state index is 9.44. The average molecular weight is 243 g/mol. The van der Waals surface area contributed by atoms with Crippen molar-refractivity contribution in [3.05, 3.63) is 0 Å². The molecule has 9 heavy (non-hydrogen) atoms. The van der Waals surface area contributed by atoms with E-state index in [2.05, 4.69) is 11.6 Å². The summed E-state index contributed by atoms with van der Waals surface area (Å²) in [6.45, 7) is 4.35. The maximum Gasteiger partial charge on any atom is 0.218 e. The van der Waals surface area contributed by atoms with Gasteiger partial charge in [-0.15, -0.1) is 0 Å². The van der Waals surface area contributed by atoms with E-state index in [1.54, 1.807) is 0 Å². The molecule has 0 bridgehead atoms. The van der Waals surface area contributed by atoms with Gasteiger partial charge < -0.3 is 4.79 Å². The van der Waals surface area contributed by atoms with Gasteiger partial charge in [0.1, 0.15) is 5.78 Å². The molecule has 0 fully saturated rings. The molecule has 0 aromatic carbocycles. The molecule has 0 unspecified atom stereocenters. The molecular formula is C5H9ClO2Pd. The van der Waals surface area contributed by atoms with Gasteiger partial charge in [-0.2, -0.15) is 0 Å². The molecule has 0 aliphatic rings. The Bertz CT molecular complexity index is 73.0. The van der Waals surface area contributed by atoms with Gasteiger partial charge in [-0.05, 0) is 25.4 Å². The number of carbonyl (C=O) groups excluding carboxylic acids is 2. The topological polar surface area (TPSA) is 34.1 Å². The molecule has 0 rings (SSSR count). The number of carbonyl (C=O) groups is 2. The van der Waals surface area contributed by atoms with E-state index in [0.717, 1.165) is 0 Å². The van der Waals surface area contributed by atoms with Gasteiger partial charge in [-0.1, -0.05) is 0 Å². The van der Waals surface area contributed by atoms with E-state index in [1.807, 2.05) is 0 Å². The van der Waals surface area contributed by atoms with Crippen LogP contribution in [0.15, 0.2) is 0 Å². The van der Waals surface area contributed by atoms with Gasteiger partial charge in [0.2, 0.25) is 5.24 Å². The van der Waals surface area contributed by atoms with E-state index in [4.69, 9.17) is 0 Å². The van der Waals surface area contributed by atoms with E-state index < -0.39 is 0 Å². The molecule has 0 spiro atoms. The minimum Gasteiger partial charge on any atom is -0.300 e. The smallest absolute Gasteiger partial charge is 0.218 e. The van der Waals surface area contributed by atoms with Crippen LogP contribution in [0.1, 0.15) is 20.8 Å². The first-order valence-corrected chi connectivity index (χ1v) is 2.48.